The van der Waals surface area contributed by atoms with E-state index in [0.717, 1.165) is 0 Å². The number of carbonyl (C=O) groups excluding carboxylic acids is 1. The second kappa shape index (κ2) is 10.0. The zero-order chi connectivity index (χ0) is 13.1. The fraction of sp³-hybridized carbons (Fsp3) is 0.818. The Morgan fingerprint density at radius 1 is 1.29 bits per heavy atom. The molecule has 0 aromatic carbocycles. The number of aliphatic hydroxyl groups excluding tert-OH is 1. The lowest BCUT2D eigenvalue weighted by Crippen LogP contribution is -2.38. The molecule has 1 amide bonds. The van der Waals surface area contributed by atoms with Gasteiger partial charge in [0.2, 0.25) is 5.91 Å². The summed E-state index contributed by atoms with van der Waals surface area (Å²) in [6, 6.07) is -0.183. The van der Waals surface area contributed by atoms with Crippen molar-refractivity contribution in [3.05, 3.63) is 0 Å². The topological polar surface area (TPSA) is 95.9 Å². The van der Waals surface area contributed by atoms with E-state index in [1.165, 1.54) is 7.11 Å². The third-order valence-corrected chi connectivity index (χ3v) is 2.26. The van der Waals surface area contributed by atoms with Crippen LogP contribution in [0.3, 0.4) is 0 Å². The summed E-state index contributed by atoms with van der Waals surface area (Å²) in [6.45, 7) is 0.356. The van der Waals surface area contributed by atoms with E-state index in [1.807, 2.05) is 0 Å². The van der Waals surface area contributed by atoms with Crippen molar-refractivity contribution in [1.29, 1.82) is 0 Å². The molecule has 0 saturated carbocycles. The molecule has 0 rings (SSSR count). The van der Waals surface area contributed by atoms with Crippen molar-refractivity contribution in [2.75, 3.05) is 20.3 Å². The van der Waals surface area contributed by atoms with Gasteiger partial charge in [-0.05, 0) is 19.3 Å². The summed E-state index contributed by atoms with van der Waals surface area (Å²) in [5.74, 6) is -0.978. The van der Waals surface area contributed by atoms with Crippen molar-refractivity contribution in [3.63, 3.8) is 0 Å². The van der Waals surface area contributed by atoms with Crippen LogP contribution in [-0.2, 0) is 14.3 Å². The van der Waals surface area contributed by atoms with Gasteiger partial charge in [-0.2, -0.15) is 0 Å². The van der Waals surface area contributed by atoms with Crippen molar-refractivity contribution >= 4 is 11.9 Å². The van der Waals surface area contributed by atoms with Crippen molar-refractivity contribution in [3.8, 4) is 0 Å². The first-order valence-corrected chi connectivity index (χ1v) is 5.71. The minimum Gasteiger partial charge on any atom is -0.481 e. The molecule has 100 valence electrons. The average Bonchev–Trinajstić information content (AvgIpc) is 2.25. The zero-order valence-corrected chi connectivity index (χ0v) is 10.1. The van der Waals surface area contributed by atoms with Gasteiger partial charge in [0, 0.05) is 26.6 Å². The lowest BCUT2D eigenvalue weighted by molar-refractivity contribution is -0.137. The smallest absolute Gasteiger partial charge is 0.303 e. The fourth-order valence-electron chi connectivity index (χ4n) is 1.42. The van der Waals surface area contributed by atoms with E-state index in [9.17, 15) is 9.59 Å². The third-order valence-electron chi connectivity index (χ3n) is 2.26. The second-order valence-corrected chi connectivity index (χ2v) is 3.83. The summed E-state index contributed by atoms with van der Waals surface area (Å²) in [5.41, 5.74) is 0. The molecule has 3 N–H and O–H groups in total. The molecule has 0 aromatic rings. The molecule has 0 saturated heterocycles. The lowest BCUT2D eigenvalue weighted by atomic mass is 10.1. The van der Waals surface area contributed by atoms with Crippen molar-refractivity contribution in [2.24, 2.45) is 0 Å². The molecule has 0 aliphatic heterocycles. The molecule has 0 fully saturated rings. The van der Waals surface area contributed by atoms with Crippen LogP contribution in [0.4, 0.5) is 0 Å². The lowest BCUT2D eigenvalue weighted by Gasteiger charge is -2.16. The van der Waals surface area contributed by atoms with E-state index in [0.29, 0.717) is 32.3 Å². The van der Waals surface area contributed by atoms with Crippen LogP contribution in [-0.4, -0.2) is 48.5 Å². The Balaban J connectivity index is 3.70. The third kappa shape index (κ3) is 9.77. The van der Waals surface area contributed by atoms with Crippen LogP contribution in [0.1, 0.15) is 32.1 Å². The SMILES string of the molecule is COCC(CCO)NC(=O)CCCCC(=O)O. The van der Waals surface area contributed by atoms with Crippen molar-refractivity contribution < 1.29 is 24.5 Å². The van der Waals surface area contributed by atoms with Crippen molar-refractivity contribution in [1.82, 2.24) is 5.32 Å². The van der Waals surface area contributed by atoms with Gasteiger partial charge in [0.05, 0.1) is 12.6 Å². The molecule has 0 bridgehead atoms. The molecule has 0 aromatic heterocycles. The van der Waals surface area contributed by atoms with Crippen molar-refractivity contribution in [2.45, 2.75) is 38.1 Å². The van der Waals surface area contributed by atoms with Gasteiger partial charge >= 0.3 is 5.97 Å². The van der Waals surface area contributed by atoms with Gasteiger partial charge in [-0.3, -0.25) is 9.59 Å². The molecule has 6 nitrogen and oxygen atoms in total. The van der Waals surface area contributed by atoms with Gasteiger partial charge in [0.25, 0.3) is 0 Å². The Kier molecular flexibility index (Phi) is 9.37. The Labute approximate surface area is 101 Å². The largest absolute Gasteiger partial charge is 0.481 e. The van der Waals surface area contributed by atoms with Gasteiger partial charge in [0.1, 0.15) is 0 Å². The number of hydrogen-bond acceptors (Lipinski definition) is 4. The Morgan fingerprint density at radius 2 is 1.94 bits per heavy atom. The van der Waals surface area contributed by atoms with Crippen LogP contribution in [0.2, 0.25) is 0 Å². The summed E-state index contributed by atoms with van der Waals surface area (Å²) in [4.78, 5) is 21.7. The number of ether oxygens (including phenoxy) is 1. The van der Waals surface area contributed by atoms with Gasteiger partial charge in [-0.25, -0.2) is 0 Å². The van der Waals surface area contributed by atoms with Crippen LogP contribution < -0.4 is 5.32 Å². The first-order chi connectivity index (χ1) is 8.10. The normalized spacial score (nSPS) is 12.1. The first-order valence-electron chi connectivity index (χ1n) is 5.71. The summed E-state index contributed by atoms with van der Waals surface area (Å²) in [6.07, 6.45) is 1.90. The number of nitrogens with one attached hydrogen (secondary N) is 1. The number of methoxy groups -OCH3 is 1. The van der Waals surface area contributed by atoms with E-state index in [2.05, 4.69) is 5.32 Å². The van der Waals surface area contributed by atoms with E-state index in [-0.39, 0.29) is 25.0 Å². The van der Waals surface area contributed by atoms with Gasteiger partial charge < -0.3 is 20.3 Å². The van der Waals surface area contributed by atoms with Crippen LogP contribution in [0.5, 0.6) is 0 Å². The number of unbranched alkanes of at least 4 members (excludes halogenated alkanes) is 1. The number of rotatable bonds is 10. The summed E-state index contributed by atoms with van der Waals surface area (Å²) in [7, 11) is 1.53. The minimum absolute atomic E-state index is 0.00663. The minimum atomic E-state index is -0.844. The second-order valence-electron chi connectivity index (χ2n) is 3.83. The molecule has 1 unspecified atom stereocenters. The predicted molar refractivity (Wildman–Crippen MR) is 61.6 cm³/mol. The molecule has 1 atom stereocenters. The highest BCUT2D eigenvalue weighted by molar-refractivity contribution is 5.76. The van der Waals surface area contributed by atoms with E-state index in [4.69, 9.17) is 14.9 Å². The predicted octanol–water partition coefficient (Wildman–Crippen LogP) is 0.145. The fourth-order valence-corrected chi connectivity index (χ4v) is 1.42. The summed E-state index contributed by atoms with van der Waals surface area (Å²) in [5, 5.41) is 19.9. The Hall–Kier alpha value is -1.14. The maximum atomic E-state index is 11.5. The summed E-state index contributed by atoms with van der Waals surface area (Å²) < 4.78 is 4.91. The zero-order valence-electron chi connectivity index (χ0n) is 10.1. The molecule has 17 heavy (non-hydrogen) atoms. The molecular weight excluding hydrogens is 226 g/mol. The molecule has 6 heteroatoms. The molecule has 0 aliphatic rings. The van der Waals surface area contributed by atoms with Gasteiger partial charge in [-0.15, -0.1) is 0 Å². The number of amides is 1. The number of aliphatic hydroxyl groups is 1. The highest BCUT2D eigenvalue weighted by Gasteiger charge is 2.11. The number of aliphatic carboxylic acids is 1. The van der Waals surface area contributed by atoms with E-state index < -0.39 is 5.97 Å². The van der Waals surface area contributed by atoms with Crippen LogP contribution in [0.25, 0.3) is 0 Å². The molecule has 0 radical (unpaired) electrons. The number of hydrogen-bond donors (Lipinski definition) is 3. The van der Waals surface area contributed by atoms with E-state index >= 15 is 0 Å². The van der Waals surface area contributed by atoms with Gasteiger partial charge in [-0.1, -0.05) is 0 Å². The van der Waals surface area contributed by atoms with Crippen LogP contribution in [0.15, 0.2) is 0 Å². The van der Waals surface area contributed by atoms with Gasteiger partial charge in [0.15, 0.2) is 0 Å². The summed E-state index contributed by atoms with van der Waals surface area (Å²) >= 11 is 0. The molecule has 0 heterocycles. The maximum absolute atomic E-state index is 11.5. The van der Waals surface area contributed by atoms with Crippen LogP contribution >= 0.6 is 0 Å². The highest BCUT2D eigenvalue weighted by Crippen LogP contribution is 2.01. The first kappa shape index (κ1) is 15.9. The molecule has 0 aliphatic carbocycles. The number of carboxylic acids is 1. The highest BCUT2D eigenvalue weighted by atomic mass is 16.5. The van der Waals surface area contributed by atoms with E-state index in [1.54, 1.807) is 0 Å². The quantitative estimate of drug-likeness (QED) is 0.477. The number of carbonyl (C=O) groups is 2. The standard InChI is InChI=1S/C11H21NO5/c1-17-8-9(6-7-13)12-10(14)4-2-3-5-11(15)16/h9,13H,2-8H2,1H3,(H,12,14)(H,15,16). The monoisotopic (exact) mass is 247 g/mol. The van der Waals surface area contributed by atoms with Crippen LogP contribution in [0, 0.1) is 0 Å². The molecule has 0 spiro atoms. The Morgan fingerprint density at radius 3 is 2.47 bits per heavy atom. The maximum Gasteiger partial charge on any atom is 0.303 e. The number of carboxylic acid groups (broad SMARTS) is 1. The Bertz CT molecular complexity index is 226. The average molecular weight is 247 g/mol. The molecular formula is C11H21NO5.